The van der Waals surface area contributed by atoms with Crippen LogP contribution in [-0.4, -0.2) is 49.8 Å². The molecule has 0 saturated heterocycles. The molecule has 0 radical (unpaired) electrons. The molecule has 0 rings (SSSR count). The molecule has 17 heavy (non-hydrogen) atoms. The van der Waals surface area contributed by atoms with Crippen molar-refractivity contribution < 1.29 is 14.7 Å². The number of nitrogens with two attached hydrogens (primary N) is 1. The normalized spacial score (nSPS) is 13.4. The molecule has 0 bridgehead atoms. The summed E-state index contributed by atoms with van der Waals surface area (Å²) in [6.45, 7) is 3.16. The highest BCUT2D eigenvalue weighted by molar-refractivity contribution is 5.80. The number of amidine groups is 1. The zero-order valence-corrected chi connectivity index (χ0v) is 10.4. The van der Waals surface area contributed by atoms with E-state index in [2.05, 4.69) is 15.8 Å². The van der Waals surface area contributed by atoms with E-state index in [9.17, 15) is 4.79 Å². The third kappa shape index (κ3) is 8.47. The van der Waals surface area contributed by atoms with E-state index in [1.165, 1.54) is 0 Å². The van der Waals surface area contributed by atoms with Crippen LogP contribution in [0.5, 0.6) is 0 Å². The van der Waals surface area contributed by atoms with Crippen molar-refractivity contribution in [2.24, 2.45) is 10.9 Å². The summed E-state index contributed by atoms with van der Waals surface area (Å²) in [5, 5.41) is 17.1. The van der Waals surface area contributed by atoms with Gasteiger partial charge in [-0.05, 0) is 6.42 Å². The fraction of sp³-hybridized carbons (Fsp3) is 0.800. The molecular weight excluding hydrogens is 224 g/mol. The molecule has 0 aromatic rings. The molecule has 0 aromatic heterocycles. The Bertz CT molecular complexity index is 246. The standard InChI is InChI=1S/C10H22N4O3/c1-3-8(6-9(11)14-16)13-7-10(15)12-4-5-17-2/h8,13,16H,3-7H2,1-2H3,(H2,11,14)(H,12,15). The smallest absolute Gasteiger partial charge is 0.234 e. The van der Waals surface area contributed by atoms with Gasteiger partial charge >= 0.3 is 0 Å². The first-order valence-electron chi connectivity index (χ1n) is 5.59. The number of methoxy groups -OCH3 is 1. The van der Waals surface area contributed by atoms with Gasteiger partial charge in [0.1, 0.15) is 5.84 Å². The molecule has 0 aliphatic heterocycles. The van der Waals surface area contributed by atoms with Gasteiger partial charge in [0.15, 0.2) is 0 Å². The number of oxime groups is 1. The molecule has 0 aromatic carbocycles. The molecule has 0 saturated carbocycles. The van der Waals surface area contributed by atoms with Gasteiger partial charge in [-0.25, -0.2) is 0 Å². The van der Waals surface area contributed by atoms with Crippen LogP contribution in [0.1, 0.15) is 19.8 Å². The highest BCUT2D eigenvalue weighted by Gasteiger charge is 2.10. The Morgan fingerprint density at radius 1 is 1.59 bits per heavy atom. The lowest BCUT2D eigenvalue weighted by molar-refractivity contribution is -0.120. The second kappa shape index (κ2) is 9.86. The van der Waals surface area contributed by atoms with Gasteiger partial charge in [0.05, 0.1) is 13.2 Å². The van der Waals surface area contributed by atoms with Crippen LogP contribution < -0.4 is 16.4 Å². The van der Waals surface area contributed by atoms with Gasteiger partial charge < -0.3 is 26.3 Å². The topological polar surface area (TPSA) is 109 Å². The Morgan fingerprint density at radius 3 is 2.82 bits per heavy atom. The van der Waals surface area contributed by atoms with Gasteiger partial charge in [-0.1, -0.05) is 12.1 Å². The highest BCUT2D eigenvalue weighted by atomic mass is 16.5. The van der Waals surface area contributed by atoms with E-state index >= 15 is 0 Å². The molecule has 0 aliphatic rings. The van der Waals surface area contributed by atoms with Gasteiger partial charge in [-0.15, -0.1) is 0 Å². The monoisotopic (exact) mass is 246 g/mol. The van der Waals surface area contributed by atoms with Crippen LogP contribution in [0.3, 0.4) is 0 Å². The van der Waals surface area contributed by atoms with Crippen molar-refractivity contribution in [3.8, 4) is 0 Å². The summed E-state index contributed by atoms with van der Waals surface area (Å²) < 4.78 is 4.81. The number of hydrogen-bond donors (Lipinski definition) is 4. The molecule has 100 valence electrons. The first-order chi connectivity index (χ1) is 8.13. The van der Waals surface area contributed by atoms with Crippen LogP contribution in [0.15, 0.2) is 5.16 Å². The van der Waals surface area contributed by atoms with E-state index in [-0.39, 0.29) is 24.3 Å². The minimum atomic E-state index is -0.0972. The maximum atomic E-state index is 11.4. The minimum Gasteiger partial charge on any atom is -0.409 e. The van der Waals surface area contributed by atoms with Crippen LogP contribution in [0.25, 0.3) is 0 Å². The molecule has 1 unspecified atom stereocenters. The Balaban J connectivity index is 3.78. The lowest BCUT2D eigenvalue weighted by Gasteiger charge is -2.15. The molecule has 7 nitrogen and oxygen atoms in total. The average molecular weight is 246 g/mol. The minimum absolute atomic E-state index is 0.0269. The van der Waals surface area contributed by atoms with Crippen molar-refractivity contribution in [1.29, 1.82) is 0 Å². The molecular formula is C10H22N4O3. The lowest BCUT2D eigenvalue weighted by Crippen LogP contribution is -2.41. The molecule has 0 heterocycles. The van der Waals surface area contributed by atoms with Crippen LogP contribution in [0.4, 0.5) is 0 Å². The summed E-state index contributed by atoms with van der Waals surface area (Å²) >= 11 is 0. The summed E-state index contributed by atoms with van der Waals surface area (Å²) in [6, 6.07) is 0.0269. The van der Waals surface area contributed by atoms with Crippen molar-refractivity contribution in [2.75, 3.05) is 26.8 Å². The molecule has 1 amide bonds. The molecule has 7 heteroatoms. The Labute approximate surface area is 101 Å². The van der Waals surface area contributed by atoms with Crippen molar-refractivity contribution in [1.82, 2.24) is 10.6 Å². The summed E-state index contributed by atoms with van der Waals surface area (Å²) in [4.78, 5) is 11.4. The Kier molecular flexibility index (Phi) is 9.08. The summed E-state index contributed by atoms with van der Waals surface area (Å²) in [6.07, 6.45) is 1.21. The zero-order chi connectivity index (χ0) is 13.1. The molecule has 0 fully saturated rings. The summed E-state index contributed by atoms with van der Waals surface area (Å²) in [7, 11) is 1.58. The fourth-order valence-corrected chi connectivity index (χ4v) is 1.25. The van der Waals surface area contributed by atoms with E-state index in [0.29, 0.717) is 19.6 Å². The van der Waals surface area contributed by atoms with E-state index < -0.39 is 0 Å². The van der Waals surface area contributed by atoms with Crippen molar-refractivity contribution in [2.45, 2.75) is 25.8 Å². The number of amides is 1. The first-order valence-corrected chi connectivity index (χ1v) is 5.59. The molecule has 5 N–H and O–H groups in total. The second-order valence-corrected chi connectivity index (χ2v) is 3.62. The quantitative estimate of drug-likeness (QED) is 0.141. The van der Waals surface area contributed by atoms with Crippen molar-refractivity contribution >= 4 is 11.7 Å². The molecule has 1 atom stereocenters. The van der Waals surface area contributed by atoms with Crippen LogP contribution >= 0.6 is 0 Å². The van der Waals surface area contributed by atoms with E-state index in [1.807, 2.05) is 6.92 Å². The number of hydrogen-bond acceptors (Lipinski definition) is 5. The van der Waals surface area contributed by atoms with E-state index in [0.717, 1.165) is 6.42 Å². The van der Waals surface area contributed by atoms with Gasteiger partial charge in [-0.3, -0.25) is 4.79 Å². The fourth-order valence-electron chi connectivity index (χ4n) is 1.25. The molecule has 0 spiro atoms. The van der Waals surface area contributed by atoms with E-state index in [4.69, 9.17) is 15.7 Å². The number of nitrogens with one attached hydrogen (secondary N) is 2. The summed E-state index contributed by atoms with van der Waals surface area (Å²) in [5.41, 5.74) is 5.40. The number of carbonyl (C=O) groups excluding carboxylic acids is 1. The average Bonchev–Trinajstić information content (AvgIpc) is 2.34. The Morgan fingerprint density at radius 2 is 2.29 bits per heavy atom. The van der Waals surface area contributed by atoms with E-state index in [1.54, 1.807) is 7.11 Å². The van der Waals surface area contributed by atoms with Crippen molar-refractivity contribution in [3.05, 3.63) is 0 Å². The molecule has 0 aliphatic carbocycles. The summed E-state index contributed by atoms with van der Waals surface area (Å²) in [5.74, 6) is 0.0594. The van der Waals surface area contributed by atoms with Gasteiger partial charge in [0.25, 0.3) is 0 Å². The van der Waals surface area contributed by atoms with Crippen LogP contribution in [-0.2, 0) is 9.53 Å². The van der Waals surface area contributed by atoms with Gasteiger partial charge in [0.2, 0.25) is 5.91 Å². The van der Waals surface area contributed by atoms with Crippen molar-refractivity contribution in [3.63, 3.8) is 0 Å². The van der Waals surface area contributed by atoms with Gasteiger partial charge in [-0.2, -0.15) is 0 Å². The number of carbonyl (C=O) groups is 1. The number of nitrogens with zero attached hydrogens (tertiary/aromatic N) is 1. The third-order valence-corrected chi connectivity index (χ3v) is 2.26. The SMILES string of the molecule is CCC(CC(N)=NO)NCC(=O)NCCOC. The number of rotatable bonds is 9. The van der Waals surface area contributed by atoms with Crippen LogP contribution in [0.2, 0.25) is 0 Å². The lowest BCUT2D eigenvalue weighted by atomic mass is 10.1. The van der Waals surface area contributed by atoms with Gasteiger partial charge in [0, 0.05) is 26.1 Å². The maximum absolute atomic E-state index is 11.4. The highest BCUT2D eigenvalue weighted by Crippen LogP contribution is 1.96. The van der Waals surface area contributed by atoms with Crippen LogP contribution in [0, 0.1) is 0 Å². The second-order valence-electron chi connectivity index (χ2n) is 3.62. The zero-order valence-electron chi connectivity index (χ0n) is 10.4. The first kappa shape index (κ1) is 15.7. The predicted octanol–water partition coefficient (Wildman–Crippen LogP) is -0.746. The third-order valence-electron chi connectivity index (χ3n) is 2.26. The number of ether oxygens (including phenoxy) is 1. The largest absolute Gasteiger partial charge is 0.409 e. The Hall–Kier alpha value is -1.34. The maximum Gasteiger partial charge on any atom is 0.234 e. The predicted molar refractivity (Wildman–Crippen MR) is 65.0 cm³/mol.